The van der Waals surface area contributed by atoms with Gasteiger partial charge in [-0.15, -0.1) is 0 Å². The second kappa shape index (κ2) is 8.54. The molecule has 7 heteroatoms. The number of hydrogen-bond acceptors (Lipinski definition) is 5. The Kier molecular flexibility index (Phi) is 6.34. The topological polar surface area (TPSA) is 62.2 Å². The summed E-state index contributed by atoms with van der Waals surface area (Å²) in [5.41, 5.74) is 0.390. The Morgan fingerprint density at radius 2 is 2.07 bits per heavy atom. The van der Waals surface area contributed by atoms with Gasteiger partial charge in [-0.05, 0) is 36.5 Å². The summed E-state index contributed by atoms with van der Waals surface area (Å²) in [4.78, 5) is 16.9. The number of halogens is 1. The van der Waals surface area contributed by atoms with Crippen LogP contribution in [-0.2, 0) is 4.74 Å². The number of aliphatic hydroxyl groups excluding tert-OH is 1. The van der Waals surface area contributed by atoms with Crippen LogP contribution < -0.4 is 4.74 Å². The number of rotatable bonds is 6. The highest BCUT2D eigenvalue weighted by molar-refractivity contribution is 5.94. The van der Waals surface area contributed by atoms with Gasteiger partial charge >= 0.3 is 0 Å². The molecule has 0 radical (unpaired) electrons. The number of piperidine rings is 1. The van der Waals surface area contributed by atoms with Crippen molar-refractivity contribution in [2.75, 3.05) is 60.2 Å². The molecule has 1 N–H and O–H groups in total. The number of hydrogen-bond donors (Lipinski definition) is 1. The molecule has 2 saturated heterocycles. The Balaban J connectivity index is 1.64. The van der Waals surface area contributed by atoms with Crippen LogP contribution in [0.2, 0.25) is 0 Å². The number of carbonyl (C=O) groups is 1. The zero-order valence-corrected chi connectivity index (χ0v) is 16.1. The monoisotopic (exact) mass is 380 g/mol. The van der Waals surface area contributed by atoms with Gasteiger partial charge in [-0.3, -0.25) is 4.79 Å². The lowest BCUT2D eigenvalue weighted by molar-refractivity contribution is 0.0398. The van der Waals surface area contributed by atoms with Crippen molar-refractivity contribution in [2.24, 2.45) is 11.3 Å². The smallest absolute Gasteiger partial charge is 0.253 e. The largest absolute Gasteiger partial charge is 0.494 e. The lowest BCUT2D eigenvalue weighted by Crippen LogP contribution is -2.47. The summed E-state index contributed by atoms with van der Waals surface area (Å²) in [6.45, 7) is 4.77. The highest BCUT2D eigenvalue weighted by Gasteiger charge is 2.47. The van der Waals surface area contributed by atoms with Crippen molar-refractivity contribution >= 4 is 5.91 Å². The first kappa shape index (κ1) is 20.0. The van der Waals surface area contributed by atoms with Gasteiger partial charge in [0.1, 0.15) is 0 Å². The van der Waals surface area contributed by atoms with Gasteiger partial charge in [0, 0.05) is 57.9 Å². The molecule has 2 fully saturated rings. The van der Waals surface area contributed by atoms with E-state index in [-0.39, 0.29) is 29.6 Å². The van der Waals surface area contributed by atoms with E-state index in [0.29, 0.717) is 25.3 Å². The Hall–Kier alpha value is -1.70. The molecule has 2 heterocycles. The van der Waals surface area contributed by atoms with Crippen LogP contribution in [0.4, 0.5) is 4.39 Å². The lowest BCUT2D eigenvalue weighted by atomic mass is 9.71. The van der Waals surface area contributed by atoms with E-state index in [9.17, 15) is 14.3 Å². The number of likely N-dealkylation sites (tertiary alicyclic amines) is 2. The van der Waals surface area contributed by atoms with Gasteiger partial charge in [0.05, 0.1) is 13.7 Å². The van der Waals surface area contributed by atoms with Crippen LogP contribution in [-0.4, -0.2) is 81.0 Å². The van der Waals surface area contributed by atoms with E-state index in [4.69, 9.17) is 9.47 Å². The fraction of sp³-hybridized carbons (Fsp3) is 0.650. The standard InChI is InChI=1S/C20H29FN2O4/c1-26-10-9-22-12-16(13-24)20(14-22)5-7-23(8-6-20)19(25)15-3-4-18(27-2)17(21)11-15/h3-4,11,16,24H,5-10,12-14H2,1-2H3. The van der Waals surface area contributed by atoms with E-state index in [0.717, 1.165) is 32.5 Å². The molecule has 1 aromatic rings. The summed E-state index contributed by atoms with van der Waals surface area (Å²) in [6.07, 6.45) is 1.71. The third-order valence-corrected chi connectivity index (χ3v) is 6.16. The van der Waals surface area contributed by atoms with Crippen molar-refractivity contribution in [3.8, 4) is 5.75 Å². The maximum absolute atomic E-state index is 13.9. The zero-order valence-electron chi connectivity index (χ0n) is 16.1. The van der Waals surface area contributed by atoms with Gasteiger partial charge < -0.3 is 24.4 Å². The molecule has 1 atom stereocenters. The first-order chi connectivity index (χ1) is 13.0. The SMILES string of the molecule is COCCN1CC(CO)C2(CCN(C(=O)c3ccc(OC)c(F)c3)CC2)C1. The molecule has 3 rings (SSSR count). The highest BCUT2D eigenvalue weighted by Crippen LogP contribution is 2.44. The van der Waals surface area contributed by atoms with Gasteiger partial charge in [0.2, 0.25) is 0 Å². The Labute approximate surface area is 159 Å². The minimum absolute atomic E-state index is 0.0461. The summed E-state index contributed by atoms with van der Waals surface area (Å²) in [6, 6.07) is 4.33. The predicted octanol–water partition coefficient (Wildman–Crippen LogP) is 1.63. The summed E-state index contributed by atoms with van der Waals surface area (Å²) in [7, 11) is 3.10. The van der Waals surface area contributed by atoms with Crippen LogP contribution in [0, 0.1) is 17.2 Å². The fourth-order valence-corrected chi connectivity index (χ4v) is 4.49. The molecule has 1 spiro atoms. The van der Waals surface area contributed by atoms with E-state index >= 15 is 0 Å². The van der Waals surface area contributed by atoms with Gasteiger partial charge in [0.15, 0.2) is 11.6 Å². The van der Waals surface area contributed by atoms with Crippen LogP contribution >= 0.6 is 0 Å². The van der Waals surface area contributed by atoms with E-state index in [1.807, 2.05) is 0 Å². The Morgan fingerprint density at radius 3 is 2.67 bits per heavy atom. The number of aliphatic hydroxyl groups is 1. The quantitative estimate of drug-likeness (QED) is 0.813. The Bertz CT molecular complexity index is 661. The maximum atomic E-state index is 13.9. The van der Waals surface area contributed by atoms with Crippen molar-refractivity contribution in [1.29, 1.82) is 0 Å². The average molecular weight is 380 g/mol. The normalized spacial score (nSPS) is 22.4. The van der Waals surface area contributed by atoms with Crippen molar-refractivity contribution in [3.63, 3.8) is 0 Å². The molecule has 0 saturated carbocycles. The minimum atomic E-state index is -0.526. The second-order valence-corrected chi connectivity index (χ2v) is 7.61. The predicted molar refractivity (Wildman–Crippen MR) is 99.4 cm³/mol. The molecule has 1 unspecified atom stereocenters. The third kappa shape index (κ3) is 4.10. The number of amides is 1. The van der Waals surface area contributed by atoms with Crippen LogP contribution in [0.15, 0.2) is 18.2 Å². The number of carbonyl (C=O) groups excluding carboxylic acids is 1. The molecule has 6 nitrogen and oxygen atoms in total. The molecule has 27 heavy (non-hydrogen) atoms. The van der Waals surface area contributed by atoms with Gasteiger partial charge in [-0.25, -0.2) is 4.39 Å². The summed E-state index contributed by atoms with van der Waals surface area (Å²) < 4.78 is 24.0. The summed E-state index contributed by atoms with van der Waals surface area (Å²) in [5, 5.41) is 9.87. The Morgan fingerprint density at radius 1 is 1.33 bits per heavy atom. The van der Waals surface area contributed by atoms with Crippen LogP contribution in [0.5, 0.6) is 5.75 Å². The van der Waals surface area contributed by atoms with Gasteiger partial charge in [0.25, 0.3) is 5.91 Å². The van der Waals surface area contributed by atoms with E-state index < -0.39 is 5.82 Å². The number of benzene rings is 1. The molecule has 150 valence electrons. The molecule has 2 aliphatic heterocycles. The molecular formula is C20H29FN2O4. The van der Waals surface area contributed by atoms with Crippen molar-refractivity contribution in [2.45, 2.75) is 12.8 Å². The third-order valence-electron chi connectivity index (χ3n) is 6.16. The van der Waals surface area contributed by atoms with Crippen LogP contribution in [0.3, 0.4) is 0 Å². The van der Waals surface area contributed by atoms with Crippen molar-refractivity contribution < 1.29 is 23.8 Å². The minimum Gasteiger partial charge on any atom is -0.494 e. The van der Waals surface area contributed by atoms with E-state index in [1.165, 1.54) is 19.2 Å². The van der Waals surface area contributed by atoms with E-state index in [2.05, 4.69) is 4.90 Å². The molecular weight excluding hydrogens is 351 g/mol. The molecule has 0 bridgehead atoms. The fourth-order valence-electron chi connectivity index (χ4n) is 4.49. The highest BCUT2D eigenvalue weighted by atomic mass is 19.1. The van der Waals surface area contributed by atoms with Crippen molar-refractivity contribution in [1.82, 2.24) is 9.80 Å². The zero-order chi connectivity index (χ0) is 19.4. The maximum Gasteiger partial charge on any atom is 0.253 e. The van der Waals surface area contributed by atoms with Crippen molar-refractivity contribution in [3.05, 3.63) is 29.6 Å². The first-order valence-corrected chi connectivity index (χ1v) is 9.48. The second-order valence-electron chi connectivity index (χ2n) is 7.61. The van der Waals surface area contributed by atoms with Gasteiger partial charge in [-0.2, -0.15) is 0 Å². The molecule has 0 aromatic heterocycles. The number of ether oxygens (including phenoxy) is 2. The molecule has 1 aromatic carbocycles. The molecule has 0 aliphatic carbocycles. The summed E-state index contributed by atoms with van der Waals surface area (Å²) >= 11 is 0. The first-order valence-electron chi connectivity index (χ1n) is 9.48. The van der Waals surface area contributed by atoms with Crippen LogP contribution in [0.1, 0.15) is 23.2 Å². The lowest BCUT2D eigenvalue weighted by Gasteiger charge is -2.42. The van der Waals surface area contributed by atoms with E-state index in [1.54, 1.807) is 18.1 Å². The van der Waals surface area contributed by atoms with Gasteiger partial charge in [-0.1, -0.05) is 0 Å². The molecule has 2 aliphatic rings. The number of nitrogens with zero attached hydrogens (tertiary/aromatic N) is 2. The molecule has 1 amide bonds. The van der Waals surface area contributed by atoms with Crippen LogP contribution in [0.25, 0.3) is 0 Å². The summed E-state index contributed by atoms with van der Waals surface area (Å²) in [5.74, 6) is -0.315. The average Bonchev–Trinajstić information content (AvgIpc) is 3.03. The number of methoxy groups -OCH3 is 2.